The van der Waals surface area contributed by atoms with Crippen LogP contribution in [0.25, 0.3) is 10.8 Å². The van der Waals surface area contributed by atoms with Crippen molar-refractivity contribution in [2.24, 2.45) is 5.73 Å². The predicted octanol–water partition coefficient (Wildman–Crippen LogP) is 3.31. The summed E-state index contributed by atoms with van der Waals surface area (Å²) in [6.07, 6.45) is 2.46. The van der Waals surface area contributed by atoms with E-state index in [1.807, 2.05) is 18.2 Å². The fourth-order valence-corrected chi connectivity index (χ4v) is 3.27. The minimum absolute atomic E-state index is 0.217. The van der Waals surface area contributed by atoms with Crippen molar-refractivity contribution in [1.82, 2.24) is 4.90 Å². The summed E-state index contributed by atoms with van der Waals surface area (Å²) >= 11 is 0. The van der Waals surface area contributed by atoms with Crippen LogP contribution in [0, 0.1) is 0 Å². The molecule has 1 amide bonds. The summed E-state index contributed by atoms with van der Waals surface area (Å²) in [7, 11) is 4.10. The van der Waals surface area contributed by atoms with Crippen LogP contribution in [-0.2, 0) is 10.2 Å². The molecule has 22 heavy (non-hydrogen) atoms. The van der Waals surface area contributed by atoms with Gasteiger partial charge in [0.25, 0.3) is 0 Å². The van der Waals surface area contributed by atoms with Crippen molar-refractivity contribution in [1.29, 1.82) is 0 Å². The second kappa shape index (κ2) is 6.93. The number of carbonyl (C=O) groups excluding carboxylic acids is 1. The number of hydrogen-bond acceptors (Lipinski definition) is 2. The topological polar surface area (TPSA) is 46.3 Å². The van der Waals surface area contributed by atoms with E-state index in [1.54, 1.807) is 0 Å². The van der Waals surface area contributed by atoms with Crippen molar-refractivity contribution in [3.63, 3.8) is 0 Å². The molecule has 2 N–H and O–H groups in total. The van der Waals surface area contributed by atoms with E-state index in [2.05, 4.69) is 50.2 Å². The number of nitrogens with two attached hydrogens (primary N) is 1. The molecule has 3 heteroatoms. The number of carbonyl (C=O) groups is 1. The van der Waals surface area contributed by atoms with Gasteiger partial charge in [0.15, 0.2) is 0 Å². The van der Waals surface area contributed by atoms with Crippen molar-refractivity contribution in [2.75, 3.05) is 20.6 Å². The van der Waals surface area contributed by atoms with Crippen molar-refractivity contribution in [3.8, 4) is 0 Å². The zero-order valence-corrected chi connectivity index (χ0v) is 13.8. The first-order valence-corrected chi connectivity index (χ1v) is 7.94. The van der Waals surface area contributed by atoms with Gasteiger partial charge in [-0.05, 0) is 56.2 Å². The highest BCUT2D eigenvalue weighted by Crippen LogP contribution is 2.37. The fourth-order valence-electron chi connectivity index (χ4n) is 3.27. The third-order valence-corrected chi connectivity index (χ3v) is 4.59. The van der Waals surface area contributed by atoms with E-state index >= 15 is 0 Å². The molecule has 0 aromatic heterocycles. The van der Waals surface area contributed by atoms with Crippen LogP contribution in [0.3, 0.4) is 0 Å². The van der Waals surface area contributed by atoms with E-state index in [9.17, 15) is 4.79 Å². The summed E-state index contributed by atoms with van der Waals surface area (Å²) in [6, 6.07) is 14.4. The first kappa shape index (κ1) is 16.5. The molecule has 0 aliphatic rings. The Bertz CT molecular complexity index is 645. The quantitative estimate of drug-likeness (QED) is 0.852. The maximum atomic E-state index is 12.4. The smallest absolute Gasteiger partial charge is 0.228 e. The number of rotatable bonds is 7. The summed E-state index contributed by atoms with van der Waals surface area (Å²) in [5, 5.41) is 2.29. The molecule has 3 nitrogen and oxygen atoms in total. The van der Waals surface area contributed by atoms with Crippen LogP contribution in [0.4, 0.5) is 0 Å². The van der Waals surface area contributed by atoms with Gasteiger partial charge in [-0.1, -0.05) is 49.4 Å². The fraction of sp³-hybridized carbons (Fsp3) is 0.421. The van der Waals surface area contributed by atoms with Crippen LogP contribution < -0.4 is 5.73 Å². The van der Waals surface area contributed by atoms with Gasteiger partial charge in [0, 0.05) is 0 Å². The maximum Gasteiger partial charge on any atom is 0.228 e. The highest BCUT2D eigenvalue weighted by atomic mass is 16.1. The Labute approximate surface area is 133 Å². The molecular weight excluding hydrogens is 272 g/mol. The minimum Gasteiger partial charge on any atom is -0.369 e. The lowest BCUT2D eigenvalue weighted by Crippen LogP contribution is -2.41. The zero-order chi connectivity index (χ0) is 16.2. The van der Waals surface area contributed by atoms with E-state index in [-0.39, 0.29) is 5.91 Å². The standard InChI is InChI=1S/C19H26N2O/c1-4-19(18(20)22,13-8-14-21(2)3)17-12-7-10-15-9-5-6-11-16(15)17/h5-7,9-12H,4,8,13-14H2,1-3H3,(H2,20,22). The third kappa shape index (κ3) is 3.14. The number of benzene rings is 2. The van der Waals surface area contributed by atoms with Crippen LogP contribution in [0.5, 0.6) is 0 Å². The lowest BCUT2D eigenvalue weighted by Gasteiger charge is -2.31. The zero-order valence-electron chi connectivity index (χ0n) is 13.8. The number of hydrogen-bond donors (Lipinski definition) is 1. The van der Waals surface area contributed by atoms with E-state index in [0.717, 1.165) is 42.1 Å². The SMILES string of the molecule is CCC(CCCN(C)C)(C(N)=O)c1cccc2ccccc12. The Balaban J connectivity index is 2.49. The normalized spacial score (nSPS) is 14.2. The molecule has 0 radical (unpaired) electrons. The van der Waals surface area contributed by atoms with Crippen molar-refractivity contribution < 1.29 is 4.79 Å². The number of amides is 1. The third-order valence-electron chi connectivity index (χ3n) is 4.59. The Morgan fingerprint density at radius 1 is 1.14 bits per heavy atom. The number of nitrogens with zero attached hydrogens (tertiary/aromatic N) is 1. The van der Waals surface area contributed by atoms with Crippen LogP contribution in [-0.4, -0.2) is 31.4 Å². The van der Waals surface area contributed by atoms with Crippen LogP contribution >= 0.6 is 0 Å². The van der Waals surface area contributed by atoms with Gasteiger partial charge in [-0.2, -0.15) is 0 Å². The minimum atomic E-state index is -0.586. The average Bonchev–Trinajstić information content (AvgIpc) is 2.51. The molecule has 0 bridgehead atoms. The van der Waals surface area contributed by atoms with Gasteiger partial charge in [0.05, 0.1) is 5.41 Å². The largest absolute Gasteiger partial charge is 0.369 e. The van der Waals surface area contributed by atoms with E-state index < -0.39 is 5.41 Å². The molecule has 0 fully saturated rings. The maximum absolute atomic E-state index is 12.4. The second-order valence-electron chi connectivity index (χ2n) is 6.23. The van der Waals surface area contributed by atoms with Crippen molar-refractivity contribution in [2.45, 2.75) is 31.6 Å². The molecule has 0 saturated heterocycles. The Hall–Kier alpha value is -1.87. The Morgan fingerprint density at radius 3 is 2.45 bits per heavy atom. The van der Waals surface area contributed by atoms with Crippen LogP contribution in [0.15, 0.2) is 42.5 Å². The van der Waals surface area contributed by atoms with Gasteiger partial charge in [0.1, 0.15) is 0 Å². The molecule has 2 rings (SSSR count). The molecule has 0 aliphatic carbocycles. The molecule has 2 aromatic carbocycles. The van der Waals surface area contributed by atoms with Crippen molar-refractivity contribution >= 4 is 16.7 Å². The predicted molar refractivity (Wildman–Crippen MR) is 92.9 cm³/mol. The molecule has 1 atom stereocenters. The second-order valence-corrected chi connectivity index (χ2v) is 6.23. The summed E-state index contributed by atoms with van der Waals surface area (Å²) in [5.74, 6) is -0.217. The van der Waals surface area contributed by atoms with Crippen LogP contribution in [0.2, 0.25) is 0 Å². The molecule has 2 aromatic rings. The molecule has 118 valence electrons. The first-order chi connectivity index (χ1) is 10.5. The summed E-state index contributed by atoms with van der Waals surface area (Å²) in [5.41, 5.74) is 6.35. The Kier molecular flexibility index (Phi) is 5.19. The summed E-state index contributed by atoms with van der Waals surface area (Å²) in [6.45, 7) is 3.02. The van der Waals surface area contributed by atoms with E-state index in [4.69, 9.17) is 5.73 Å². The highest BCUT2D eigenvalue weighted by Gasteiger charge is 2.37. The molecule has 0 heterocycles. The van der Waals surface area contributed by atoms with E-state index in [1.165, 1.54) is 0 Å². The Morgan fingerprint density at radius 2 is 1.82 bits per heavy atom. The van der Waals surface area contributed by atoms with E-state index in [0.29, 0.717) is 0 Å². The molecule has 1 unspecified atom stereocenters. The lowest BCUT2D eigenvalue weighted by atomic mass is 9.72. The van der Waals surface area contributed by atoms with Crippen molar-refractivity contribution in [3.05, 3.63) is 48.0 Å². The molecule has 0 aliphatic heterocycles. The summed E-state index contributed by atoms with van der Waals surface area (Å²) in [4.78, 5) is 14.5. The number of fused-ring (bicyclic) bond motifs is 1. The van der Waals surface area contributed by atoms with Gasteiger partial charge in [-0.3, -0.25) is 4.79 Å². The van der Waals surface area contributed by atoms with Crippen LogP contribution in [0.1, 0.15) is 31.7 Å². The molecule has 0 saturated carbocycles. The van der Waals surface area contributed by atoms with Gasteiger partial charge >= 0.3 is 0 Å². The van der Waals surface area contributed by atoms with Gasteiger partial charge in [-0.15, -0.1) is 0 Å². The molecular formula is C19H26N2O. The average molecular weight is 298 g/mol. The summed E-state index contributed by atoms with van der Waals surface area (Å²) < 4.78 is 0. The lowest BCUT2D eigenvalue weighted by molar-refractivity contribution is -0.124. The highest BCUT2D eigenvalue weighted by molar-refractivity contribution is 5.95. The molecule has 0 spiro atoms. The monoisotopic (exact) mass is 298 g/mol. The van der Waals surface area contributed by atoms with Gasteiger partial charge in [0.2, 0.25) is 5.91 Å². The van der Waals surface area contributed by atoms with Gasteiger partial charge < -0.3 is 10.6 Å². The van der Waals surface area contributed by atoms with Gasteiger partial charge in [-0.25, -0.2) is 0 Å². The number of primary amides is 1. The first-order valence-electron chi connectivity index (χ1n) is 7.94.